The maximum absolute atomic E-state index is 5.86. The molecule has 84 valence electrons. The van der Waals surface area contributed by atoms with Crippen molar-refractivity contribution >= 4 is 11.4 Å². The maximum Gasteiger partial charge on any atom is 0.0738 e. The van der Waals surface area contributed by atoms with Crippen LogP contribution in [0.5, 0.6) is 0 Å². The first-order chi connectivity index (χ1) is 7.29. The van der Waals surface area contributed by atoms with Crippen molar-refractivity contribution < 1.29 is 4.74 Å². The number of pyridine rings is 1. The van der Waals surface area contributed by atoms with E-state index < -0.39 is 0 Å². The standard InChI is InChI=1S/C11H19N3O/c1-3-14(7-8-15-4-2)11-5-6-13-9-10(11)12/h5-6,9H,3-4,7-8,12H2,1-2H3. The minimum absolute atomic E-state index is 0.718. The molecule has 0 spiro atoms. The molecular weight excluding hydrogens is 190 g/mol. The highest BCUT2D eigenvalue weighted by atomic mass is 16.5. The van der Waals surface area contributed by atoms with Gasteiger partial charge in [-0.2, -0.15) is 0 Å². The molecule has 0 aliphatic carbocycles. The van der Waals surface area contributed by atoms with Gasteiger partial charge in [-0.15, -0.1) is 0 Å². The Labute approximate surface area is 91.1 Å². The molecule has 0 amide bonds. The lowest BCUT2D eigenvalue weighted by Crippen LogP contribution is -2.27. The Morgan fingerprint density at radius 1 is 1.47 bits per heavy atom. The van der Waals surface area contributed by atoms with Gasteiger partial charge in [-0.05, 0) is 19.9 Å². The summed E-state index contributed by atoms with van der Waals surface area (Å²) in [5.74, 6) is 0. The van der Waals surface area contributed by atoms with Crippen LogP contribution in [-0.4, -0.2) is 31.3 Å². The zero-order chi connectivity index (χ0) is 11.1. The smallest absolute Gasteiger partial charge is 0.0738 e. The third-order valence-electron chi connectivity index (χ3n) is 2.26. The second kappa shape index (κ2) is 6.24. The van der Waals surface area contributed by atoms with Crippen molar-refractivity contribution in [2.45, 2.75) is 13.8 Å². The molecule has 0 aliphatic heterocycles. The SMILES string of the molecule is CCOCCN(CC)c1ccncc1N. The Morgan fingerprint density at radius 2 is 2.27 bits per heavy atom. The lowest BCUT2D eigenvalue weighted by molar-refractivity contribution is 0.154. The van der Waals surface area contributed by atoms with Crippen LogP contribution < -0.4 is 10.6 Å². The van der Waals surface area contributed by atoms with Crippen molar-refractivity contribution in [3.8, 4) is 0 Å². The van der Waals surface area contributed by atoms with Crippen molar-refractivity contribution in [3.63, 3.8) is 0 Å². The van der Waals surface area contributed by atoms with Crippen LogP contribution in [-0.2, 0) is 4.74 Å². The summed E-state index contributed by atoms with van der Waals surface area (Å²) in [6.45, 7) is 7.36. The molecule has 0 radical (unpaired) electrons. The molecule has 0 atom stereocenters. The third-order valence-corrected chi connectivity index (χ3v) is 2.26. The first-order valence-electron chi connectivity index (χ1n) is 5.31. The lowest BCUT2D eigenvalue weighted by atomic mass is 10.3. The zero-order valence-electron chi connectivity index (χ0n) is 9.44. The van der Waals surface area contributed by atoms with E-state index in [0.29, 0.717) is 0 Å². The molecular formula is C11H19N3O. The fourth-order valence-electron chi connectivity index (χ4n) is 1.46. The van der Waals surface area contributed by atoms with Gasteiger partial charge in [0.25, 0.3) is 0 Å². The van der Waals surface area contributed by atoms with E-state index in [9.17, 15) is 0 Å². The monoisotopic (exact) mass is 209 g/mol. The average Bonchev–Trinajstić information content (AvgIpc) is 2.26. The van der Waals surface area contributed by atoms with Crippen LogP contribution >= 0.6 is 0 Å². The minimum Gasteiger partial charge on any atom is -0.396 e. The van der Waals surface area contributed by atoms with Crippen LogP contribution in [0.2, 0.25) is 0 Å². The number of hydrogen-bond donors (Lipinski definition) is 1. The highest BCUT2D eigenvalue weighted by Crippen LogP contribution is 2.20. The van der Waals surface area contributed by atoms with Crippen molar-refractivity contribution in [1.82, 2.24) is 4.98 Å². The molecule has 1 rings (SSSR count). The van der Waals surface area contributed by atoms with Gasteiger partial charge in [0, 0.05) is 25.9 Å². The van der Waals surface area contributed by atoms with Crippen molar-refractivity contribution in [2.75, 3.05) is 36.9 Å². The van der Waals surface area contributed by atoms with Crippen molar-refractivity contribution in [3.05, 3.63) is 18.5 Å². The number of nitrogens with two attached hydrogens (primary N) is 1. The number of likely N-dealkylation sites (N-methyl/N-ethyl adjacent to an activating group) is 1. The first kappa shape index (κ1) is 11.8. The predicted molar refractivity (Wildman–Crippen MR) is 63.0 cm³/mol. The van der Waals surface area contributed by atoms with Gasteiger partial charge < -0.3 is 15.4 Å². The summed E-state index contributed by atoms with van der Waals surface area (Å²) in [4.78, 5) is 6.16. The van der Waals surface area contributed by atoms with E-state index in [-0.39, 0.29) is 0 Å². The average molecular weight is 209 g/mol. The number of ether oxygens (including phenoxy) is 1. The highest BCUT2D eigenvalue weighted by molar-refractivity contribution is 5.65. The first-order valence-corrected chi connectivity index (χ1v) is 5.31. The van der Waals surface area contributed by atoms with E-state index in [1.807, 2.05) is 13.0 Å². The Kier molecular flexibility index (Phi) is 4.90. The van der Waals surface area contributed by atoms with Crippen LogP contribution in [0.1, 0.15) is 13.8 Å². The molecule has 1 heterocycles. The highest BCUT2D eigenvalue weighted by Gasteiger charge is 2.06. The zero-order valence-corrected chi connectivity index (χ0v) is 9.44. The molecule has 0 aliphatic rings. The van der Waals surface area contributed by atoms with E-state index in [1.165, 1.54) is 0 Å². The quantitative estimate of drug-likeness (QED) is 0.722. The Morgan fingerprint density at radius 3 is 2.87 bits per heavy atom. The van der Waals surface area contributed by atoms with Gasteiger partial charge in [0.15, 0.2) is 0 Å². The van der Waals surface area contributed by atoms with Crippen LogP contribution in [0.3, 0.4) is 0 Å². The number of rotatable bonds is 6. The number of aromatic nitrogens is 1. The summed E-state index contributed by atoms with van der Waals surface area (Å²) in [7, 11) is 0. The topological polar surface area (TPSA) is 51.4 Å². The summed E-state index contributed by atoms with van der Waals surface area (Å²) < 4.78 is 5.33. The van der Waals surface area contributed by atoms with Crippen molar-refractivity contribution in [1.29, 1.82) is 0 Å². The van der Waals surface area contributed by atoms with Crippen molar-refractivity contribution in [2.24, 2.45) is 0 Å². The molecule has 15 heavy (non-hydrogen) atoms. The molecule has 0 aromatic carbocycles. The summed E-state index contributed by atoms with van der Waals surface area (Å²) in [5, 5.41) is 0. The lowest BCUT2D eigenvalue weighted by Gasteiger charge is -2.23. The van der Waals surface area contributed by atoms with E-state index in [1.54, 1.807) is 12.4 Å². The third kappa shape index (κ3) is 3.40. The second-order valence-electron chi connectivity index (χ2n) is 3.21. The van der Waals surface area contributed by atoms with E-state index in [0.717, 1.165) is 37.7 Å². The van der Waals surface area contributed by atoms with Crippen LogP contribution in [0.25, 0.3) is 0 Å². The molecule has 1 aromatic rings. The van der Waals surface area contributed by atoms with E-state index in [4.69, 9.17) is 10.5 Å². The van der Waals surface area contributed by atoms with Gasteiger partial charge in [0.05, 0.1) is 24.2 Å². The molecule has 1 aromatic heterocycles. The normalized spacial score (nSPS) is 10.3. The largest absolute Gasteiger partial charge is 0.396 e. The van der Waals surface area contributed by atoms with E-state index >= 15 is 0 Å². The summed E-state index contributed by atoms with van der Waals surface area (Å²) in [6, 6.07) is 1.94. The molecule has 0 fully saturated rings. The fourth-order valence-corrected chi connectivity index (χ4v) is 1.46. The molecule has 0 bridgehead atoms. The summed E-state index contributed by atoms with van der Waals surface area (Å²) in [5.41, 5.74) is 7.61. The van der Waals surface area contributed by atoms with Gasteiger partial charge in [0.2, 0.25) is 0 Å². The van der Waals surface area contributed by atoms with Crippen LogP contribution in [0, 0.1) is 0 Å². The molecule has 0 saturated carbocycles. The Hall–Kier alpha value is -1.29. The number of anilines is 2. The Balaban J connectivity index is 2.61. The van der Waals surface area contributed by atoms with E-state index in [2.05, 4.69) is 16.8 Å². The van der Waals surface area contributed by atoms with Gasteiger partial charge in [-0.25, -0.2) is 0 Å². The van der Waals surface area contributed by atoms with Gasteiger partial charge >= 0.3 is 0 Å². The number of nitrogen functional groups attached to an aromatic ring is 1. The Bertz CT molecular complexity index is 291. The molecule has 0 unspecified atom stereocenters. The predicted octanol–water partition coefficient (Wildman–Crippen LogP) is 1.53. The fraction of sp³-hybridized carbons (Fsp3) is 0.545. The van der Waals surface area contributed by atoms with Crippen LogP contribution in [0.4, 0.5) is 11.4 Å². The van der Waals surface area contributed by atoms with Crippen LogP contribution in [0.15, 0.2) is 18.5 Å². The molecule has 0 saturated heterocycles. The summed E-state index contributed by atoms with van der Waals surface area (Å²) in [6.07, 6.45) is 3.44. The van der Waals surface area contributed by atoms with Gasteiger partial charge in [-0.3, -0.25) is 4.98 Å². The number of nitrogens with zero attached hydrogens (tertiary/aromatic N) is 2. The molecule has 2 N–H and O–H groups in total. The van der Waals surface area contributed by atoms with Gasteiger partial charge in [0.1, 0.15) is 0 Å². The second-order valence-corrected chi connectivity index (χ2v) is 3.21. The van der Waals surface area contributed by atoms with Gasteiger partial charge in [-0.1, -0.05) is 0 Å². The minimum atomic E-state index is 0.718. The summed E-state index contributed by atoms with van der Waals surface area (Å²) >= 11 is 0. The maximum atomic E-state index is 5.86. The number of hydrogen-bond acceptors (Lipinski definition) is 4. The molecule has 4 heteroatoms. The molecule has 4 nitrogen and oxygen atoms in total.